The summed E-state index contributed by atoms with van der Waals surface area (Å²) in [6.45, 7) is 1.80. The van der Waals surface area contributed by atoms with Crippen molar-refractivity contribution in [2.24, 2.45) is 5.92 Å². The molecule has 2 aliphatic rings. The van der Waals surface area contributed by atoms with E-state index < -0.39 is 23.9 Å². The van der Waals surface area contributed by atoms with Gasteiger partial charge in [-0.25, -0.2) is 0 Å². The molecule has 6 rings (SSSR count). The molecule has 47 heavy (non-hydrogen) atoms. The van der Waals surface area contributed by atoms with Gasteiger partial charge in [-0.15, -0.1) is 13.2 Å². The van der Waals surface area contributed by atoms with Crippen molar-refractivity contribution < 1.29 is 37.0 Å². The first-order valence-electron chi connectivity index (χ1n) is 14.8. The predicted molar refractivity (Wildman–Crippen MR) is 169 cm³/mol. The Bertz CT molecular complexity index is 1850. The molecule has 2 amide bonds. The van der Waals surface area contributed by atoms with Crippen molar-refractivity contribution in [3.8, 4) is 17.2 Å². The van der Waals surface area contributed by atoms with Gasteiger partial charge in [-0.2, -0.15) is 0 Å². The Balaban J connectivity index is 1.30. The summed E-state index contributed by atoms with van der Waals surface area (Å²) in [5, 5.41) is 5.63. The number of hydrogen-bond acceptors (Lipinski definition) is 7. The lowest BCUT2D eigenvalue weighted by molar-refractivity contribution is -0.274. The summed E-state index contributed by atoms with van der Waals surface area (Å²) >= 11 is 0. The molecule has 0 radical (unpaired) electrons. The van der Waals surface area contributed by atoms with Crippen LogP contribution in [-0.4, -0.2) is 50.1 Å². The van der Waals surface area contributed by atoms with E-state index in [9.17, 15) is 27.6 Å². The molecule has 3 aromatic carbocycles. The highest BCUT2D eigenvalue weighted by molar-refractivity contribution is 6.09. The number of rotatable bonds is 8. The number of methoxy groups -OCH3 is 2. The molecule has 1 fully saturated rings. The minimum atomic E-state index is -4.84. The fourth-order valence-corrected chi connectivity index (χ4v) is 6.22. The third-order valence-corrected chi connectivity index (χ3v) is 8.29. The van der Waals surface area contributed by atoms with Gasteiger partial charge in [-0.1, -0.05) is 6.07 Å². The second-order valence-electron chi connectivity index (χ2n) is 11.4. The van der Waals surface area contributed by atoms with E-state index >= 15 is 0 Å². The van der Waals surface area contributed by atoms with Crippen LogP contribution in [0.5, 0.6) is 17.2 Å². The van der Waals surface area contributed by atoms with Crippen LogP contribution in [0.3, 0.4) is 0 Å². The molecule has 1 saturated heterocycles. The van der Waals surface area contributed by atoms with Crippen molar-refractivity contribution in [1.29, 1.82) is 0 Å². The molecule has 0 aliphatic carbocycles. The van der Waals surface area contributed by atoms with Crippen LogP contribution in [0.4, 0.5) is 30.2 Å². The Morgan fingerprint density at radius 1 is 0.787 bits per heavy atom. The highest BCUT2D eigenvalue weighted by Gasteiger charge is 2.35. The van der Waals surface area contributed by atoms with E-state index in [1.54, 1.807) is 48.5 Å². The number of ether oxygens (including phenoxy) is 3. The SMILES string of the molecule is COc1cc(OC)cc(C(=O)Nc2cc(C(=O)Nc3ccc(OC(F)(F)F)cc3)ccc2N2CC3CC(C2)c2cccc(=O)n2C3)c1. The number of piperidine rings is 1. The van der Waals surface area contributed by atoms with Crippen LogP contribution in [0.2, 0.25) is 0 Å². The number of hydrogen-bond donors (Lipinski definition) is 2. The minimum Gasteiger partial charge on any atom is -0.497 e. The first-order chi connectivity index (χ1) is 22.5. The number of benzene rings is 3. The molecule has 4 aromatic rings. The van der Waals surface area contributed by atoms with Crippen molar-refractivity contribution in [3.63, 3.8) is 0 Å². The molecule has 10 nitrogen and oxygen atoms in total. The zero-order chi connectivity index (χ0) is 33.3. The quantitative estimate of drug-likeness (QED) is 0.245. The maximum absolute atomic E-state index is 13.6. The van der Waals surface area contributed by atoms with Crippen molar-refractivity contribution in [3.05, 3.63) is 106 Å². The first kappa shape index (κ1) is 31.5. The number of aromatic nitrogens is 1. The molecule has 244 valence electrons. The Morgan fingerprint density at radius 2 is 1.49 bits per heavy atom. The zero-order valence-corrected chi connectivity index (χ0v) is 25.5. The molecule has 1 aromatic heterocycles. The smallest absolute Gasteiger partial charge is 0.497 e. The van der Waals surface area contributed by atoms with Gasteiger partial charge in [0.25, 0.3) is 17.4 Å². The lowest BCUT2D eigenvalue weighted by Gasteiger charge is -2.44. The summed E-state index contributed by atoms with van der Waals surface area (Å²) in [4.78, 5) is 41.6. The van der Waals surface area contributed by atoms with Gasteiger partial charge in [0, 0.05) is 60.2 Å². The van der Waals surface area contributed by atoms with Gasteiger partial charge < -0.3 is 34.3 Å². The van der Waals surface area contributed by atoms with E-state index in [4.69, 9.17) is 9.47 Å². The largest absolute Gasteiger partial charge is 0.573 e. The molecule has 13 heteroatoms. The van der Waals surface area contributed by atoms with Crippen LogP contribution in [0.1, 0.15) is 38.7 Å². The maximum atomic E-state index is 13.6. The van der Waals surface area contributed by atoms with Gasteiger partial charge in [0.15, 0.2) is 0 Å². The zero-order valence-electron chi connectivity index (χ0n) is 25.5. The highest BCUT2D eigenvalue weighted by atomic mass is 19.4. The van der Waals surface area contributed by atoms with Gasteiger partial charge in [0.2, 0.25) is 0 Å². The lowest BCUT2D eigenvalue weighted by atomic mass is 9.83. The molecule has 2 aliphatic heterocycles. The van der Waals surface area contributed by atoms with Crippen LogP contribution < -0.4 is 35.3 Å². The second-order valence-corrected chi connectivity index (χ2v) is 11.4. The Hall–Kier alpha value is -5.46. The Morgan fingerprint density at radius 3 is 2.17 bits per heavy atom. The molecule has 2 atom stereocenters. The van der Waals surface area contributed by atoms with E-state index in [1.807, 2.05) is 10.6 Å². The summed E-state index contributed by atoms with van der Waals surface area (Å²) in [5.74, 6) is -0.286. The summed E-state index contributed by atoms with van der Waals surface area (Å²) in [6, 6.07) is 19.8. The van der Waals surface area contributed by atoms with Gasteiger partial charge in [0.05, 0.1) is 25.6 Å². The van der Waals surface area contributed by atoms with Gasteiger partial charge in [0.1, 0.15) is 17.2 Å². The van der Waals surface area contributed by atoms with E-state index in [0.29, 0.717) is 42.5 Å². The molecule has 0 spiro atoms. The number of carbonyl (C=O) groups excluding carboxylic acids is 2. The van der Waals surface area contributed by atoms with Crippen LogP contribution in [0, 0.1) is 5.92 Å². The predicted octanol–water partition coefficient (Wildman–Crippen LogP) is 5.89. The van der Waals surface area contributed by atoms with Crippen LogP contribution in [0.25, 0.3) is 0 Å². The van der Waals surface area contributed by atoms with Crippen molar-refractivity contribution in [2.75, 3.05) is 42.8 Å². The molecular weight excluding hydrogens is 617 g/mol. The Kier molecular flexibility index (Phi) is 8.54. The molecule has 0 saturated carbocycles. The molecule has 2 unspecified atom stereocenters. The Labute approximate surface area is 267 Å². The molecule has 2 bridgehead atoms. The van der Waals surface area contributed by atoms with E-state index in [1.165, 1.54) is 26.4 Å². The van der Waals surface area contributed by atoms with Crippen LogP contribution in [0.15, 0.2) is 83.7 Å². The van der Waals surface area contributed by atoms with Gasteiger partial charge in [-0.3, -0.25) is 14.4 Å². The summed E-state index contributed by atoms with van der Waals surface area (Å²) in [5.41, 5.74) is 2.74. The molecule has 2 N–H and O–H groups in total. The van der Waals surface area contributed by atoms with E-state index in [2.05, 4.69) is 20.3 Å². The third-order valence-electron chi connectivity index (χ3n) is 8.29. The fourth-order valence-electron chi connectivity index (χ4n) is 6.22. The normalized spacial score (nSPS) is 16.9. The number of nitrogens with one attached hydrogen (secondary N) is 2. The maximum Gasteiger partial charge on any atom is 0.573 e. The average Bonchev–Trinajstić information content (AvgIpc) is 3.05. The third kappa shape index (κ3) is 7.03. The van der Waals surface area contributed by atoms with Gasteiger partial charge >= 0.3 is 6.36 Å². The lowest BCUT2D eigenvalue weighted by Crippen LogP contribution is -2.47. The number of carbonyl (C=O) groups is 2. The average molecular weight is 649 g/mol. The van der Waals surface area contributed by atoms with E-state index in [-0.39, 0.29) is 34.2 Å². The number of anilines is 3. The number of fused-ring (bicyclic) bond motifs is 4. The van der Waals surface area contributed by atoms with Crippen molar-refractivity contribution >= 4 is 28.9 Å². The second kappa shape index (κ2) is 12.7. The van der Waals surface area contributed by atoms with E-state index in [0.717, 1.165) is 24.2 Å². The number of pyridine rings is 1. The summed E-state index contributed by atoms with van der Waals surface area (Å²) in [7, 11) is 2.96. The fraction of sp³-hybridized carbons (Fsp3) is 0.265. The van der Waals surface area contributed by atoms with Gasteiger partial charge in [-0.05, 0) is 73.0 Å². The minimum absolute atomic E-state index is 0.0230. The number of nitrogens with zero attached hydrogens (tertiary/aromatic N) is 2. The van der Waals surface area contributed by atoms with Crippen LogP contribution in [-0.2, 0) is 6.54 Å². The number of halogens is 3. The van der Waals surface area contributed by atoms with Crippen molar-refractivity contribution in [1.82, 2.24) is 4.57 Å². The first-order valence-corrected chi connectivity index (χ1v) is 14.8. The van der Waals surface area contributed by atoms with Crippen LogP contribution >= 0.6 is 0 Å². The molecular formula is C34H31F3N4O6. The molecule has 3 heterocycles. The summed E-state index contributed by atoms with van der Waals surface area (Å²) < 4.78 is 54.0. The monoisotopic (exact) mass is 648 g/mol. The number of amides is 2. The number of alkyl halides is 3. The summed E-state index contributed by atoms with van der Waals surface area (Å²) in [6.07, 6.45) is -3.91. The topological polar surface area (TPSA) is 111 Å². The standard InChI is InChI=1S/C34H31F3N4O6/c1-45-26-13-22(14-27(16-26)46-2)33(44)39-28-15-21(32(43)38-24-7-9-25(10-8-24)47-34(35,36)37)6-11-30(28)40-17-20-12-23(19-40)29-4-3-5-31(42)41(29)18-20/h3-11,13-16,20,23H,12,17-19H2,1-2H3,(H,38,43)(H,39,44). The van der Waals surface area contributed by atoms with Crippen molar-refractivity contribution in [2.45, 2.75) is 25.2 Å². The highest BCUT2D eigenvalue weighted by Crippen LogP contribution is 2.39.